The molecule has 148 valence electrons. The zero-order valence-electron chi connectivity index (χ0n) is 15.2. The molecule has 1 heterocycles. The standard InChI is InChI=1S/C18H22F3N3O3/c1-3-4-9-27-14-6-5-13(10-15(14)26-2)11-22-17(25)12-24-8-7-16(23-24)18(19,20)21/h5-8,10H,3-4,9,11-12H2,1-2H3,(H,22,25). The Labute approximate surface area is 155 Å². The Morgan fingerprint density at radius 3 is 2.67 bits per heavy atom. The minimum Gasteiger partial charge on any atom is -0.493 e. The van der Waals surface area contributed by atoms with E-state index in [4.69, 9.17) is 9.47 Å². The van der Waals surface area contributed by atoms with Gasteiger partial charge in [0.2, 0.25) is 5.91 Å². The first kappa shape index (κ1) is 20.6. The number of hydrogen-bond donors (Lipinski definition) is 1. The van der Waals surface area contributed by atoms with E-state index < -0.39 is 17.8 Å². The molecule has 6 nitrogen and oxygen atoms in total. The van der Waals surface area contributed by atoms with E-state index in [1.165, 1.54) is 7.11 Å². The van der Waals surface area contributed by atoms with Gasteiger partial charge in [0.1, 0.15) is 6.54 Å². The van der Waals surface area contributed by atoms with Crippen molar-refractivity contribution in [3.8, 4) is 11.5 Å². The number of methoxy groups -OCH3 is 1. The van der Waals surface area contributed by atoms with Crippen LogP contribution in [0.3, 0.4) is 0 Å². The van der Waals surface area contributed by atoms with E-state index in [0.717, 1.165) is 35.4 Å². The van der Waals surface area contributed by atoms with Gasteiger partial charge in [0.25, 0.3) is 0 Å². The van der Waals surface area contributed by atoms with Gasteiger partial charge in [-0.05, 0) is 30.2 Å². The predicted octanol–water partition coefficient (Wildman–Crippen LogP) is 3.41. The first-order chi connectivity index (χ1) is 12.8. The maximum Gasteiger partial charge on any atom is 0.435 e. The van der Waals surface area contributed by atoms with Crippen LogP contribution in [0.5, 0.6) is 11.5 Å². The van der Waals surface area contributed by atoms with Crippen LogP contribution < -0.4 is 14.8 Å². The van der Waals surface area contributed by atoms with Crippen LogP contribution in [-0.2, 0) is 24.1 Å². The summed E-state index contributed by atoms with van der Waals surface area (Å²) in [5, 5.41) is 5.99. The number of nitrogens with one attached hydrogen (secondary N) is 1. The number of amides is 1. The Morgan fingerprint density at radius 2 is 2.04 bits per heavy atom. The summed E-state index contributed by atoms with van der Waals surface area (Å²) in [4.78, 5) is 11.9. The normalized spacial score (nSPS) is 11.3. The third-order valence-electron chi connectivity index (χ3n) is 3.71. The number of rotatable bonds is 9. The Bertz CT molecular complexity index is 760. The number of alkyl halides is 3. The number of nitrogens with zero attached hydrogens (tertiary/aromatic N) is 2. The summed E-state index contributed by atoms with van der Waals surface area (Å²) < 4.78 is 49.4. The summed E-state index contributed by atoms with van der Waals surface area (Å²) in [6, 6.07) is 6.13. The second kappa shape index (κ2) is 9.29. The molecule has 1 aromatic carbocycles. The van der Waals surface area contributed by atoms with Crippen molar-refractivity contribution in [1.82, 2.24) is 15.1 Å². The average Bonchev–Trinajstić information content (AvgIpc) is 3.09. The second-order valence-corrected chi connectivity index (χ2v) is 5.86. The molecule has 0 radical (unpaired) electrons. The zero-order valence-corrected chi connectivity index (χ0v) is 15.2. The highest BCUT2D eigenvalue weighted by molar-refractivity contribution is 5.75. The van der Waals surface area contributed by atoms with Crippen LogP contribution in [0.25, 0.3) is 0 Å². The number of benzene rings is 1. The maximum absolute atomic E-state index is 12.5. The lowest BCUT2D eigenvalue weighted by Crippen LogP contribution is -2.27. The number of carbonyl (C=O) groups is 1. The Kier molecular flexibility index (Phi) is 7.09. The van der Waals surface area contributed by atoms with Gasteiger partial charge in [-0.15, -0.1) is 0 Å². The summed E-state index contributed by atoms with van der Waals surface area (Å²) >= 11 is 0. The molecule has 0 unspecified atom stereocenters. The van der Waals surface area contributed by atoms with Gasteiger partial charge in [0.15, 0.2) is 17.2 Å². The van der Waals surface area contributed by atoms with Crippen LogP contribution in [-0.4, -0.2) is 29.4 Å². The van der Waals surface area contributed by atoms with Crippen molar-refractivity contribution < 1.29 is 27.4 Å². The van der Waals surface area contributed by atoms with Gasteiger partial charge >= 0.3 is 6.18 Å². The van der Waals surface area contributed by atoms with E-state index in [-0.39, 0.29) is 13.1 Å². The lowest BCUT2D eigenvalue weighted by atomic mass is 10.2. The van der Waals surface area contributed by atoms with Gasteiger partial charge < -0.3 is 14.8 Å². The van der Waals surface area contributed by atoms with Gasteiger partial charge in [-0.3, -0.25) is 9.48 Å². The van der Waals surface area contributed by atoms with E-state index in [1.54, 1.807) is 18.2 Å². The molecule has 0 aliphatic carbocycles. The number of unbranched alkanes of at least 4 members (excludes halogenated alkanes) is 1. The summed E-state index contributed by atoms with van der Waals surface area (Å²) in [6.45, 7) is 2.57. The molecule has 0 aliphatic rings. The topological polar surface area (TPSA) is 65.4 Å². The van der Waals surface area contributed by atoms with E-state index in [9.17, 15) is 18.0 Å². The summed E-state index contributed by atoms with van der Waals surface area (Å²) in [6.07, 6.45) is -1.45. The van der Waals surface area contributed by atoms with Crippen LogP contribution in [0.1, 0.15) is 31.0 Å². The van der Waals surface area contributed by atoms with Crippen molar-refractivity contribution in [2.75, 3.05) is 13.7 Å². The monoisotopic (exact) mass is 385 g/mol. The van der Waals surface area contributed by atoms with E-state index in [0.29, 0.717) is 18.1 Å². The van der Waals surface area contributed by atoms with Crippen LogP contribution in [0, 0.1) is 0 Å². The predicted molar refractivity (Wildman–Crippen MR) is 92.5 cm³/mol. The van der Waals surface area contributed by atoms with Crippen molar-refractivity contribution in [3.05, 3.63) is 41.7 Å². The molecule has 1 aromatic heterocycles. The SMILES string of the molecule is CCCCOc1ccc(CNC(=O)Cn2ccc(C(F)(F)F)n2)cc1OC. The number of aromatic nitrogens is 2. The Balaban J connectivity index is 1.89. The second-order valence-electron chi connectivity index (χ2n) is 5.86. The lowest BCUT2D eigenvalue weighted by molar-refractivity contribution is -0.141. The first-order valence-electron chi connectivity index (χ1n) is 8.50. The average molecular weight is 385 g/mol. The molecule has 0 saturated heterocycles. The zero-order chi connectivity index (χ0) is 19.9. The Morgan fingerprint density at radius 1 is 1.26 bits per heavy atom. The molecule has 1 amide bonds. The van der Waals surface area contributed by atoms with Crippen molar-refractivity contribution in [2.45, 2.75) is 39.0 Å². The van der Waals surface area contributed by atoms with E-state index in [2.05, 4.69) is 17.3 Å². The maximum atomic E-state index is 12.5. The Hall–Kier alpha value is -2.71. The number of carbonyl (C=O) groups excluding carboxylic acids is 1. The van der Waals surface area contributed by atoms with E-state index in [1.807, 2.05) is 0 Å². The quantitative estimate of drug-likeness (QED) is 0.672. The molecule has 0 bridgehead atoms. The fraction of sp³-hybridized carbons (Fsp3) is 0.444. The van der Waals surface area contributed by atoms with Crippen LogP contribution in [0.15, 0.2) is 30.5 Å². The van der Waals surface area contributed by atoms with Gasteiger partial charge in [0.05, 0.1) is 13.7 Å². The smallest absolute Gasteiger partial charge is 0.435 e. The molecule has 0 saturated carbocycles. The highest BCUT2D eigenvalue weighted by atomic mass is 19.4. The highest BCUT2D eigenvalue weighted by Gasteiger charge is 2.33. The number of halogens is 3. The molecule has 0 spiro atoms. The number of hydrogen-bond acceptors (Lipinski definition) is 4. The molecule has 1 N–H and O–H groups in total. The molecule has 27 heavy (non-hydrogen) atoms. The first-order valence-corrected chi connectivity index (χ1v) is 8.50. The third-order valence-corrected chi connectivity index (χ3v) is 3.71. The fourth-order valence-electron chi connectivity index (χ4n) is 2.27. The fourth-order valence-corrected chi connectivity index (χ4v) is 2.27. The summed E-state index contributed by atoms with van der Waals surface area (Å²) in [7, 11) is 1.53. The molecular weight excluding hydrogens is 363 g/mol. The molecule has 2 rings (SSSR count). The summed E-state index contributed by atoms with van der Waals surface area (Å²) in [5.74, 6) is 0.728. The lowest BCUT2D eigenvalue weighted by Gasteiger charge is -2.12. The van der Waals surface area contributed by atoms with Gasteiger partial charge in [-0.25, -0.2) is 0 Å². The largest absolute Gasteiger partial charge is 0.493 e. The molecule has 0 atom stereocenters. The van der Waals surface area contributed by atoms with Crippen LogP contribution in [0.2, 0.25) is 0 Å². The van der Waals surface area contributed by atoms with Crippen LogP contribution in [0.4, 0.5) is 13.2 Å². The summed E-state index contributed by atoms with van der Waals surface area (Å²) in [5.41, 5.74) is -0.252. The van der Waals surface area contributed by atoms with Crippen molar-refractivity contribution in [2.24, 2.45) is 0 Å². The minimum absolute atomic E-state index is 0.206. The number of ether oxygens (including phenoxy) is 2. The minimum atomic E-state index is -4.53. The van der Waals surface area contributed by atoms with Crippen molar-refractivity contribution in [1.29, 1.82) is 0 Å². The third kappa shape index (κ3) is 6.19. The van der Waals surface area contributed by atoms with Gasteiger partial charge in [-0.1, -0.05) is 19.4 Å². The molecule has 0 aliphatic heterocycles. The van der Waals surface area contributed by atoms with Crippen LogP contribution >= 0.6 is 0 Å². The molecule has 2 aromatic rings. The molecular formula is C18H22F3N3O3. The van der Waals surface area contributed by atoms with Gasteiger partial charge in [-0.2, -0.15) is 18.3 Å². The highest BCUT2D eigenvalue weighted by Crippen LogP contribution is 2.28. The van der Waals surface area contributed by atoms with E-state index >= 15 is 0 Å². The molecule has 0 fully saturated rings. The van der Waals surface area contributed by atoms with Crippen molar-refractivity contribution in [3.63, 3.8) is 0 Å². The van der Waals surface area contributed by atoms with Gasteiger partial charge in [0, 0.05) is 12.7 Å². The molecule has 9 heteroatoms. The van der Waals surface area contributed by atoms with Crippen molar-refractivity contribution >= 4 is 5.91 Å².